The van der Waals surface area contributed by atoms with Crippen LogP contribution in [0.3, 0.4) is 0 Å². The summed E-state index contributed by atoms with van der Waals surface area (Å²) >= 11 is 0. The first-order valence-electron chi connectivity index (χ1n) is 7.05. The standard InChI is InChI=1S/C13H33N3Si2.Ce/c1-11(2)14-13(15-12(3)4)16(17(5,6)7)18(8,9)10;/h11-13H,1-10H3;/q-2;. The molecule has 0 saturated heterocycles. The Labute approximate surface area is 157 Å². The number of nitrogens with zero attached hydrogens (tertiary/aromatic N) is 3. The van der Waals surface area contributed by atoms with Crippen molar-refractivity contribution in [3.63, 3.8) is 0 Å². The van der Waals surface area contributed by atoms with E-state index in [1.165, 1.54) is 0 Å². The molecule has 0 aromatic rings. The minimum Gasteiger partial charge on any atom is -0.664 e. The molecule has 19 heavy (non-hydrogen) atoms. The third-order valence-corrected chi connectivity index (χ3v) is 9.92. The SMILES string of the molecule is CC(C)[N-]C([N-]C(C)C)N([Si](C)(C)C)[Si](C)(C)C.[Ce]. The summed E-state index contributed by atoms with van der Waals surface area (Å²) < 4.78 is 2.68. The molecule has 0 heterocycles. The van der Waals surface area contributed by atoms with Gasteiger partial charge >= 0.3 is 0 Å². The summed E-state index contributed by atoms with van der Waals surface area (Å²) in [4.78, 5) is 0. The van der Waals surface area contributed by atoms with Crippen LogP contribution in [0.1, 0.15) is 27.7 Å². The predicted octanol–water partition coefficient (Wildman–Crippen LogP) is 4.81. The summed E-state index contributed by atoms with van der Waals surface area (Å²) in [7, 11) is -2.82. The van der Waals surface area contributed by atoms with Crippen LogP contribution < -0.4 is 0 Å². The van der Waals surface area contributed by atoms with Crippen LogP contribution in [0.2, 0.25) is 39.3 Å². The molecule has 6 heteroatoms. The number of rotatable bonds is 7. The second-order valence-corrected chi connectivity index (χ2v) is 17.6. The zero-order chi connectivity index (χ0) is 14.7. The van der Waals surface area contributed by atoms with E-state index in [1.807, 2.05) is 0 Å². The molecule has 0 unspecified atom stereocenters. The van der Waals surface area contributed by atoms with Gasteiger partial charge in [0.2, 0.25) is 0 Å². The Hall–Kier alpha value is 1.69. The van der Waals surface area contributed by atoms with Crippen LogP contribution in [0.4, 0.5) is 0 Å². The molecule has 0 atom stereocenters. The Morgan fingerprint density at radius 1 is 0.684 bits per heavy atom. The fourth-order valence-electron chi connectivity index (χ4n) is 2.40. The minimum atomic E-state index is -1.41. The van der Waals surface area contributed by atoms with Crippen LogP contribution in [-0.4, -0.2) is 39.1 Å². The van der Waals surface area contributed by atoms with E-state index in [0.29, 0.717) is 12.1 Å². The molecule has 0 radical (unpaired) electrons. The van der Waals surface area contributed by atoms with Gasteiger partial charge in [-0.05, 0) is 0 Å². The van der Waals surface area contributed by atoms with Crippen molar-refractivity contribution in [2.24, 2.45) is 0 Å². The van der Waals surface area contributed by atoms with Gasteiger partial charge in [-0.25, -0.2) is 0 Å². The van der Waals surface area contributed by atoms with E-state index < -0.39 is 16.5 Å². The van der Waals surface area contributed by atoms with Gasteiger partial charge in [0.05, 0.1) is 0 Å². The zero-order valence-corrected chi connectivity index (χ0v) is 19.7. The third kappa shape index (κ3) is 9.34. The van der Waals surface area contributed by atoms with Crippen LogP contribution in [0.5, 0.6) is 0 Å². The average Bonchev–Trinajstić information content (AvgIpc) is 1.93. The van der Waals surface area contributed by atoms with Crippen molar-refractivity contribution >= 4 is 16.5 Å². The maximum absolute atomic E-state index is 4.88. The van der Waals surface area contributed by atoms with Gasteiger partial charge in [0.25, 0.3) is 0 Å². The van der Waals surface area contributed by atoms with Crippen LogP contribution in [0.25, 0.3) is 10.6 Å². The molecule has 3 nitrogen and oxygen atoms in total. The second kappa shape index (κ2) is 8.97. The Balaban J connectivity index is 0. The van der Waals surface area contributed by atoms with Gasteiger partial charge in [-0.1, -0.05) is 67.0 Å². The fraction of sp³-hybridized carbons (Fsp3) is 1.00. The molecule has 0 saturated carbocycles. The Bertz CT molecular complexity index is 223. The molecule has 0 spiro atoms. The van der Waals surface area contributed by atoms with Crippen LogP contribution in [-0.2, 0) is 0 Å². The molecule has 0 fully saturated rings. The molecule has 0 aliphatic carbocycles. The summed E-state index contributed by atoms with van der Waals surface area (Å²) in [6.07, 6.45) is 0.0586. The van der Waals surface area contributed by atoms with E-state index >= 15 is 0 Å². The van der Waals surface area contributed by atoms with Gasteiger partial charge in [0.1, 0.15) is 16.5 Å². The molecule has 114 valence electrons. The normalized spacial score (nSPS) is 13.6. The van der Waals surface area contributed by atoms with Crippen LogP contribution in [0.15, 0.2) is 0 Å². The van der Waals surface area contributed by atoms with E-state index in [9.17, 15) is 0 Å². The Kier molecular flexibility index (Phi) is 10.8. The van der Waals surface area contributed by atoms with Crippen molar-refractivity contribution < 1.29 is 41.7 Å². The van der Waals surface area contributed by atoms with Gasteiger partial charge in [0.15, 0.2) is 0 Å². The monoisotopic (exact) mass is 427 g/mol. The van der Waals surface area contributed by atoms with E-state index in [-0.39, 0.29) is 48.0 Å². The molecule has 0 aliphatic rings. The summed E-state index contributed by atoms with van der Waals surface area (Å²) in [5.41, 5.74) is 0. The molecule has 0 aliphatic heterocycles. The van der Waals surface area contributed by atoms with Crippen LogP contribution >= 0.6 is 0 Å². The number of hydrogen-bond donors (Lipinski definition) is 0. The van der Waals surface area contributed by atoms with Gasteiger partial charge in [0, 0.05) is 41.7 Å². The summed E-state index contributed by atoms with van der Waals surface area (Å²) in [6.45, 7) is 23.0. The molecule has 0 aromatic heterocycles. The first-order valence-corrected chi connectivity index (χ1v) is 13.9. The smallest absolute Gasteiger partial charge is 0.109 e. The molecule has 0 amide bonds. The zero-order valence-electron chi connectivity index (χ0n) is 14.6. The Morgan fingerprint density at radius 3 is 1.11 bits per heavy atom. The summed E-state index contributed by atoms with van der Waals surface area (Å²) in [5, 5.41) is 9.76. The van der Waals surface area contributed by atoms with E-state index in [4.69, 9.17) is 10.6 Å². The van der Waals surface area contributed by atoms with Crippen molar-refractivity contribution in [1.29, 1.82) is 0 Å². The fourth-order valence-corrected chi connectivity index (χ4v) is 12.1. The quantitative estimate of drug-likeness (QED) is 0.537. The largest absolute Gasteiger partial charge is 0.664 e. The maximum atomic E-state index is 4.88. The molecule has 0 aromatic carbocycles. The minimum absolute atomic E-state index is 0. The Morgan fingerprint density at radius 2 is 0.947 bits per heavy atom. The van der Waals surface area contributed by atoms with Crippen LogP contribution in [0, 0.1) is 41.7 Å². The molecular weight excluding hydrogens is 394 g/mol. The van der Waals surface area contributed by atoms with E-state index in [2.05, 4.69) is 71.2 Å². The molecule has 0 N–H and O–H groups in total. The van der Waals surface area contributed by atoms with Crippen molar-refractivity contribution in [3.8, 4) is 0 Å². The van der Waals surface area contributed by atoms with Gasteiger partial charge < -0.3 is 14.9 Å². The predicted molar refractivity (Wildman–Crippen MR) is 89.3 cm³/mol. The molecule has 0 bridgehead atoms. The van der Waals surface area contributed by atoms with Crippen molar-refractivity contribution in [3.05, 3.63) is 10.6 Å². The van der Waals surface area contributed by atoms with Gasteiger partial charge in [-0.3, -0.25) is 0 Å². The average molecular weight is 428 g/mol. The van der Waals surface area contributed by atoms with E-state index in [0.717, 1.165) is 0 Å². The first kappa shape index (κ1) is 23.0. The molecular formula is C13H33CeN3Si2-2. The van der Waals surface area contributed by atoms with Gasteiger partial charge in [-0.15, -0.1) is 12.1 Å². The maximum Gasteiger partial charge on any atom is 0.109 e. The third-order valence-electron chi connectivity index (χ3n) is 2.54. The number of hydrogen-bond acceptors (Lipinski definition) is 1. The van der Waals surface area contributed by atoms with E-state index in [1.54, 1.807) is 0 Å². The van der Waals surface area contributed by atoms with Crippen molar-refractivity contribution in [2.45, 2.75) is 85.4 Å². The molecule has 0 rings (SSSR count). The first-order chi connectivity index (χ1) is 7.85. The second-order valence-electron chi connectivity index (χ2n) is 7.54. The summed E-state index contributed by atoms with van der Waals surface area (Å²) in [6, 6.07) is 0.681. The van der Waals surface area contributed by atoms with Crippen molar-refractivity contribution in [1.82, 2.24) is 4.23 Å². The topological polar surface area (TPSA) is 31.4 Å². The summed E-state index contributed by atoms with van der Waals surface area (Å²) in [5.74, 6) is 0. The van der Waals surface area contributed by atoms with Crippen molar-refractivity contribution in [2.75, 3.05) is 0 Å². The van der Waals surface area contributed by atoms with Gasteiger partial charge in [-0.2, -0.15) is 6.29 Å².